The van der Waals surface area contributed by atoms with Crippen molar-refractivity contribution in [3.05, 3.63) is 59.2 Å². The molecule has 2 rings (SSSR count). The first-order valence-corrected chi connectivity index (χ1v) is 6.75. The number of anilines is 1. The molecule has 1 N–H and O–H groups in total. The first kappa shape index (κ1) is 14.9. The molecule has 5 heteroatoms. The van der Waals surface area contributed by atoms with E-state index < -0.39 is 0 Å². The van der Waals surface area contributed by atoms with Crippen molar-refractivity contribution in [3.8, 4) is 11.8 Å². The monoisotopic (exact) mass is 300 g/mol. The van der Waals surface area contributed by atoms with Crippen LogP contribution in [0, 0.1) is 11.3 Å². The van der Waals surface area contributed by atoms with Gasteiger partial charge < -0.3 is 10.1 Å². The number of rotatable bonds is 4. The quantitative estimate of drug-likeness (QED) is 0.878. The molecule has 4 nitrogen and oxygen atoms in total. The van der Waals surface area contributed by atoms with E-state index in [4.69, 9.17) is 21.6 Å². The second-order valence-corrected chi connectivity index (χ2v) is 4.58. The Morgan fingerprint density at radius 3 is 2.57 bits per heavy atom. The van der Waals surface area contributed by atoms with Crippen LogP contribution in [-0.4, -0.2) is 13.0 Å². The minimum atomic E-state index is -0.251. The number of hydrogen-bond donors (Lipinski definition) is 1. The number of methoxy groups -OCH3 is 1. The van der Waals surface area contributed by atoms with Crippen LogP contribution in [-0.2, 0) is 5.88 Å². The van der Waals surface area contributed by atoms with E-state index in [2.05, 4.69) is 5.32 Å². The van der Waals surface area contributed by atoms with E-state index in [1.165, 1.54) is 7.11 Å². The van der Waals surface area contributed by atoms with Crippen molar-refractivity contribution in [2.24, 2.45) is 0 Å². The van der Waals surface area contributed by atoms with E-state index in [-0.39, 0.29) is 5.91 Å². The number of carbonyl (C=O) groups is 1. The van der Waals surface area contributed by atoms with E-state index in [0.29, 0.717) is 28.4 Å². The number of amides is 1. The average Bonchev–Trinajstić information content (AvgIpc) is 2.55. The zero-order valence-electron chi connectivity index (χ0n) is 11.4. The Hall–Kier alpha value is -2.51. The number of hydrogen-bond acceptors (Lipinski definition) is 3. The Morgan fingerprint density at radius 2 is 2.00 bits per heavy atom. The molecule has 106 valence electrons. The Bertz CT molecular complexity index is 690. The third-order valence-electron chi connectivity index (χ3n) is 2.95. The van der Waals surface area contributed by atoms with Gasteiger partial charge in [-0.2, -0.15) is 5.26 Å². The summed E-state index contributed by atoms with van der Waals surface area (Å²) in [5.41, 5.74) is 2.46. The Kier molecular flexibility index (Phi) is 4.81. The molecular weight excluding hydrogens is 288 g/mol. The van der Waals surface area contributed by atoms with Crippen LogP contribution in [0.3, 0.4) is 0 Å². The largest absolute Gasteiger partial charge is 0.495 e. The molecule has 0 aliphatic heterocycles. The number of nitrogens with one attached hydrogen (secondary N) is 1. The first-order chi connectivity index (χ1) is 10.2. The fourth-order valence-corrected chi connectivity index (χ4v) is 1.98. The van der Waals surface area contributed by atoms with Crippen molar-refractivity contribution in [2.75, 3.05) is 12.4 Å². The molecule has 0 fully saturated rings. The topological polar surface area (TPSA) is 62.1 Å². The summed E-state index contributed by atoms with van der Waals surface area (Å²) in [4.78, 5) is 12.2. The molecule has 0 radical (unpaired) electrons. The SMILES string of the molecule is COc1cc(C#N)ccc1NC(=O)c1ccc(CCl)cc1. The highest BCUT2D eigenvalue weighted by Crippen LogP contribution is 2.25. The summed E-state index contributed by atoms with van der Waals surface area (Å²) in [7, 11) is 1.49. The summed E-state index contributed by atoms with van der Waals surface area (Å²) < 4.78 is 5.18. The van der Waals surface area contributed by atoms with Gasteiger partial charge in [0.2, 0.25) is 0 Å². The number of alkyl halides is 1. The maximum Gasteiger partial charge on any atom is 0.255 e. The summed E-state index contributed by atoms with van der Waals surface area (Å²) in [6, 6.07) is 13.9. The van der Waals surface area contributed by atoms with Crippen molar-refractivity contribution in [1.29, 1.82) is 5.26 Å². The molecular formula is C16H13ClN2O2. The summed E-state index contributed by atoms with van der Waals surface area (Å²) in [6.07, 6.45) is 0. The predicted octanol–water partition coefficient (Wildman–Crippen LogP) is 3.56. The fraction of sp³-hybridized carbons (Fsp3) is 0.125. The van der Waals surface area contributed by atoms with E-state index in [9.17, 15) is 4.79 Å². The summed E-state index contributed by atoms with van der Waals surface area (Å²) in [6.45, 7) is 0. The van der Waals surface area contributed by atoms with E-state index in [1.54, 1.807) is 42.5 Å². The van der Waals surface area contributed by atoms with Gasteiger partial charge in [0.1, 0.15) is 5.75 Å². The maximum absolute atomic E-state index is 12.2. The lowest BCUT2D eigenvalue weighted by Crippen LogP contribution is -2.12. The molecule has 1 amide bonds. The molecule has 0 heterocycles. The lowest BCUT2D eigenvalue weighted by Gasteiger charge is -2.10. The third-order valence-corrected chi connectivity index (χ3v) is 3.26. The average molecular weight is 301 g/mol. The number of carbonyl (C=O) groups excluding carboxylic acids is 1. The lowest BCUT2D eigenvalue weighted by molar-refractivity contribution is 0.102. The summed E-state index contributed by atoms with van der Waals surface area (Å²) >= 11 is 5.71. The molecule has 0 saturated carbocycles. The van der Waals surface area contributed by atoms with Gasteiger partial charge in [-0.25, -0.2) is 0 Å². The van der Waals surface area contributed by atoms with Gasteiger partial charge in [0, 0.05) is 17.5 Å². The zero-order chi connectivity index (χ0) is 15.2. The second-order valence-electron chi connectivity index (χ2n) is 4.31. The summed E-state index contributed by atoms with van der Waals surface area (Å²) in [5.74, 6) is 0.602. The highest BCUT2D eigenvalue weighted by atomic mass is 35.5. The van der Waals surface area contributed by atoms with Crippen LogP contribution in [0.5, 0.6) is 5.75 Å². The molecule has 2 aromatic rings. The molecule has 21 heavy (non-hydrogen) atoms. The Morgan fingerprint density at radius 1 is 1.29 bits per heavy atom. The number of halogens is 1. The van der Waals surface area contributed by atoms with Crippen LogP contribution in [0.15, 0.2) is 42.5 Å². The minimum absolute atomic E-state index is 0.251. The van der Waals surface area contributed by atoms with Crippen LogP contribution in [0.25, 0.3) is 0 Å². The highest BCUT2D eigenvalue weighted by molar-refractivity contribution is 6.17. The van der Waals surface area contributed by atoms with Crippen LogP contribution >= 0.6 is 11.6 Å². The second kappa shape index (κ2) is 6.78. The predicted molar refractivity (Wildman–Crippen MR) is 81.7 cm³/mol. The van der Waals surface area contributed by atoms with Crippen LogP contribution in [0.4, 0.5) is 5.69 Å². The van der Waals surface area contributed by atoms with Gasteiger partial charge in [-0.1, -0.05) is 12.1 Å². The van der Waals surface area contributed by atoms with Gasteiger partial charge in [0.15, 0.2) is 0 Å². The standard InChI is InChI=1S/C16H13ClN2O2/c1-21-15-8-12(10-18)4-7-14(15)19-16(20)13-5-2-11(9-17)3-6-13/h2-8H,9H2,1H3,(H,19,20). The first-order valence-electron chi connectivity index (χ1n) is 6.22. The van der Waals surface area contributed by atoms with Gasteiger partial charge in [-0.05, 0) is 29.8 Å². The molecule has 0 saturated heterocycles. The normalized spacial score (nSPS) is 9.76. The fourth-order valence-electron chi connectivity index (χ4n) is 1.80. The van der Waals surface area contributed by atoms with Crippen LogP contribution < -0.4 is 10.1 Å². The van der Waals surface area contributed by atoms with E-state index in [1.807, 2.05) is 6.07 Å². The van der Waals surface area contributed by atoms with Crippen LogP contribution in [0.1, 0.15) is 21.5 Å². The smallest absolute Gasteiger partial charge is 0.255 e. The van der Waals surface area contributed by atoms with Gasteiger partial charge in [-0.3, -0.25) is 4.79 Å². The van der Waals surface area contributed by atoms with E-state index in [0.717, 1.165) is 5.56 Å². The van der Waals surface area contributed by atoms with Crippen molar-refractivity contribution in [3.63, 3.8) is 0 Å². The number of nitrogens with zero attached hydrogens (tertiary/aromatic N) is 1. The van der Waals surface area contributed by atoms with Crippen LogP contribution in [0.2, 0.25) is 0 Å². The molecule has 0 unspecified atom stereocenters. The maximum atomic E-state index is 12.2. The minimum Gasteiger partial charge on any atom is -0.495 e. The van der Waals surface area contributed by atoms with Crippen molar-refractivity contribution >= 4 is 23.2 Å². The molecule has 0 aliphatic carbocycles. The zero-order valence-corrected chi connectivity index (χ0v) is 12.1. The van der Waals surface area contributed by atoms with Crippen molar-refractivity contribution in [2.45, 2.75) is 5.88 Å². The number of nitriles is 1. The third kappa shape index (κ3) is 3.53. The van der Waals surface area contributed by atoms with Crippen molar-refractivity contribution < 1.29 is 9.53 Å². The van der Waals surface area contributed by atoms with E-state index >= 15 is 0 Å². The molecule has 2 aromatic carbocycles. The molecule has 0 aromatic heterocycles. The Balaban J connectivity index is 2.20. The number of benzene rings is 2. The molecule has 0 spiro atoms. The molecule has 0 atom stereocenters. The lowest BCUT2D eigenvalue weighted by atomic mass is 10.1. The molecule has 0 bridgehead atoms. The number of ether oxygens (including phenoxy) is 1. The van der Waals surface area contributed by atoms with Gasteiger partial charge in [0.05, 0.1) is 24.4 Å². The van der Waals surface area contributed by atoms with Gasteiger partial charge in [0.25, 0.3) is 5.91 Å². The Labute approximate surface area is 127 Å². The highest BCUT2D eigenvalue weighted by Gasteiger charge is 2.10. The van der Waals surface area contributed by atoms with Gasteiger partial charge in [-0.15, -0.1) is 11.6 Å². The van der Waals surface area contributed by atoms with Crippen molar-refractivity contribution in [1.82, 2.24) is 0 Å². The summed E-state index contributed by atoms with van der Waals surface area (Å²) in [5, 5.41) is 11.6. The van der Waals surface area contributed by atoms with Gasteiger partial charge >= 0.3 is 0 Å². The molecule has 0 aliphatic rings.